The Labute approximate surface area is 224 Å². The Balaban J connectivity index is 3.69. The van der Waals surface area contributed by atoms with Gasteiger partial charge < -0.3 is 15.5 Å². The molecule has 0 aliphatic rings. The Kier molecular flexibility index (Phi) is 27.5. The first-order valence-corrected chi connectivity index (χ1v) is 15.6. The Bertz CT molecular complexity index is 518. The average Bonchev–Trinajstić information content (AvgIpc) is 2.88. The van der Waals surface area contributed by atoms with E-state index in [1.807, 2.05) is 6.08 Å². The van der Waals surface area contributed by atoms with Gasteiger partial charge >= 0.3 is 0 Å². The first kappa shape index (κ1) is 34.9. The molecule has 0 heterocycles. The lowest BCUT2D eigenvalue weighted by molar-refractivity contribution is -0.123. The minimum atomic E-state index is -0.836. The van der Waals surface area contributed by atoms with Crippen LogP contribution < -0.4 is 5.32 Å². The summed E-state index contributed by atoms with van der Waals surface area (Å²) in [7, 11) is 0. The molecule has 4 nitrogen and oxygen atoms in total. The topological polar surface area (TPSA) is 69.6 Å². The number of unbranched alkanes of at least 4 members (excludes halogenated alkanes) is 18. The highest BCUT2D eigenvalue weighted by Gasteiger charge is 2.17. The van der Waals surface area contributed by atoms with E-state index in [-0.39, 0.29) is 12.5 Å². The molecular formula is C32H61NO3. The highest BCUT2D eigenvalue weighted by atomic mass is 16.3. The predicted molar refractivity (Wildman–Crippen MR) is 156 cm³/mol. The molecule has 0 fully saturated rings. The number of hydrogen-bond donors (Lipinski definition) is 3. The minimum absolute atomic E-state index is 0.0774. The van der Waals surface area contributed by atoms with E-state index in [9.17, 15) is 15.0 Å². The second-order valence-corrected chi connectivity index (χ2v) is 10.5. The van der Waals surface area contributed by atoms with Gasteiger partial charge in [-0.05, 0) is 44.9 Å². The maximum absolute atomic E-state index is 12.2. The fourth-order valence-electron chi connectivity index (χ4n) is 4.46. The van der Waals surface area contributed by atoms with E-state index >= 15 is 0 Å². The molecule has 212 valence electrons. The second kappa shape index (κ2) is 28.4. The van der Waals surface area contributed by atoms with Crippen molar-refractivity contribution in [3.8, 4) is 0 Å². The fourth-order valence-corrected chi connectivity index (χ4v) is 4.46. The maximum Gasteiger partial charge on any atom is 0.220 e. The summed E-state index contributed by atoms with van der Waals surface area (Å²) >= 11 is 0. The van der Waals surface area contributed by atoms with Crippen LogP contribution in [0.4, 0.5) is 0 Å². The fraction of sp³-hybridized carbons (Fsp3) is 0.844. The molecule has 36 heavy (non-hydrogen) atoms. The van der Waals surface area contributed by atoms with Gasteiger partial charge in [-0.1, -0.05) is 128 Å². The van der Waals surface area contributed by atoms with E-state index in [2.05, 4.69) is 31.3 Å². The van der Waals surface area contributed by atoms with Gasteiger partial charge in [-0.15, -0.1) is 0 Å². The lowest BCUT2D eigenvalue weighted by Gasteiger charge is -2.20. The lowest BCUT2D eigenvalue weighted by Crippen LogP contribution is -2.45. The monoisotopic (exact) mass is 507 g/mol. The normalized spacial score (nSPS) is 13.6. The summed E-state index contributed by atoms with van der Waals surface area (Å²) in [6, 6.07) is -0.620. The van der Waals surface area contributed by atoms with Crippen LogP contribution in [0.15, 0.2) is 24.3 Å². The molecule has 0 saturated carbocycles. The summed E-state index contributed by atoms with van der Waals surface area (Å²) in [5.41, 5.74) is 0. The molecule has 0 aliphatic carbocycles. The summed E-state index contributed by atoms with van der Waals surface area (Å²) in [6.45, 7) is 4.25. The van der Waals surface area contributed by atoms with Crippen molar-refractivity contribution in [1.29, 1.82) is 0 Å². The number of carbonyl (C=O) groups excluding carboxylic acids is 1. The first-order valence-electron chi connectivity index (χ1n) is 15.6. The second-order valence-electron chi connectivity index (χ2n) is 10.5. The number of hydrogen-bond acceptors (Lipinski definition) is 3. The van der Waals surface area contributed by atoms with Gasteiger partial charge in [-0.25, -0.2) is 0 Å². The largest absolute Gasteiger partial charge is 0.394 e. The van der Waals surface area contributed by atoms with Crippen molar-refractivity contribution in [1.82, 2.24) is 5.32 Å². The quantitative estimate of drug-likeness (QED) is 0.0770. The molecule has 1 amide bonds. The Morgan fingerprint density at radius 1 is 0.639 bits per heavy atom. The van der Waals surface area contributed by atoms with E-state index in [0.29, 0.717) is 6.42 Å². The SMILES string of the molecule is CCCCCCC/C=C/CCCCCCCC(=O)N[C@@H](CO)[C@H](O)/C=C/CCCCCCCCCC. The standard InChI is InChI=1S/C32H61NO3/c1-3-5-7-9-11-13-15-16-17-18-20-22-24-26-28-32(36)33-30(29-34)31(35)27-25-23-21-19-14-12-10-8-6-4-2/h15-16,25,27,30-31,34-35H,3-14,17-24,26,28-29H2,1-2H3,(H,33,36)/b16-15+,27-25+/t30-,31+/m0/s1. The molecule has 0 saturated heterocycles. The van der Waals surface area contributed by atoms with E-state index in [4.69, 9.17) is 0 Å². The van der Waals surface area contributed by atoms with Crippen LogP contribution in [0.1, 0.15) is 155 Å². The van der Waals surface area contributed by atoms with Crippen LogP contribution in [0.2, 0.25) is 0 Å². The molecule has 0 rings (SSSR count). The van der Waals surface area contributed by atoms with E-state index in [1.165, 1.54) is 96.3 Å². The molecule has 0 aromatic heterocycles. The molecule has 0 aliphatic heterocycles. The molecule has 2 atom stereocenters. The Morgan fingerprint density at radius 3 is 1.53 bits per heavy atom. The number of carbonyl (C=O) groups is 1. The minimum Gasteiger partial charge on any atom is -0.394 e. The summed E-state index contributed by atoms with van der Waals surface area (Å²) in [6.07, 6.45) is 33.9. The summed E-state index contributed by atoms with van der Waals surface area (Å²) in [5.74, 6) is -0.0774. The van der Waals surface area contributed by atoms with E-state index < -0.39 is 12.1 Å². The van der Waals surface area contributed by atoms with Gasteiger partial charge in [0.1, 0.15) is 0 Å². The molecule has 4 heteroatoms. The zero-order valence-corrected chi connectivity index (χ0v) is 24.0. The van der Waals surface area contributed by atoms with Crippen molar-refractivity contribution < 1.29 is 15.0 Å². The molecule has 0 spiro atoms. The van der Waals surface area contributed by atoms with Gasteiger partial charge in [0.15, 0.2) is 0 Å². The number of nitrogens with one attached hydrogen (secondary N) is 1. The van der Waals surface area contributed by atoms with Crippen LogP contribution in [0, 0.1) is 0 Å². The zero-order valence-electron chi connectivity index (χ0n) is 24.0. The van der Waals surface area contributed by atoms with Crippen molar-refractivity contribution in [3.63, 3.8) is 0 Å². The number of aliphatic hydroxyl groups is 2. The average molecular weight is 508 g/mol. The third-order valence-corrected chi connectivity index (χ3v) is 6.93. The van der Waals surface area contributed by atoms with Gasteiger partial charge in [-0.3, -0.25) is 4.79 Å². The van der Waals surface area contributed by atoms with Crippen molar-refractivity contribution in [2.75, 3.05) is 6.61 Å². The number of allylic oxidation sites excluding steroid dienone is 3. The Hall–Kier alpha value is -1.13. The Morgan fingerprint density at radius 2 is 1.06 bits per heavy atom. The van der Waals surface area contributed by atoms with Gasteiger partial charge in [0, 0.05) is 6.42 Å². The first-order chi connectivity index (χ1) is 17.7. The predicted octanol–water partition coefficient (Wildman–Crippen LogP) is 8.56. The van der Waals surface area contributed by atoms with Gasteiger partial charge in [-0.2, -0.15) is 0 Å². The van der Waals surface area contributed by atoms with Crippen LogP contribution in [0.25, 0.3) is 0 Å². The van der Waals surface area contributed by atoms with E-state index in [0.717, 1.165) is 38.5 Å². The highest BCUT2D eigenvalue weighted by Crippen LogP contribution is 2.11. The van der Waals surface area contributed by atoms with E-state index in [1.54, 1.807) is 6.08 Å². The third-order valence-electron chi connectivity index (χ3n) is 6.93. The smallest absolute Gasteiger partial charge is 0.220 e. The van der Waals surface area contributed by atoms with Crippen LogP contribution in [0.5, 0.6) is 0 Å². The van der Waals surface area contributed by atoms with Crippen LogP contribution in [-0.2, 0) is 4.79 Å². The van der Waals surface area contributed by atoms with Crippen molar-refractivity contribution in [2.45, 2.75) is 167 Å². The van der Waals surface area contributed by atoms with Crippen LogP contribution in [-0.4, -0.2) is 34.9 Å². The molecular weight excluding hydrogens is 446 g/mol. The number of amides is 1. The molecule has 0 unspecified atom stereocenters. The molecule has 3 N–H and O–H groups in total. The lowest BCUT2D eigenvalue weighted by atomic mass is 10.1. The summed E-state index contributed by atoms with van der Waals surface area (Å²) < 4.78 is 0. The van der Waals surface area contributed by atoms with Crippen LogP contribution >= 0.6 is 0 Å². The molecule has 0 aromatic rings. The molecule has 0 aromatic carbocycles. The molecule has 0 radical (unpaired) electrons. The highest BCUT2D eigenvalue weighted by molar-refractivity contribution is 5.76. The summed E-state index contributed by atoms with van der Waals surface area (Å²) in [4.78, 5) is 12.2. The number of rotatable bonds is 27. The van der Waals surface area contributed by atoms with Gasteiger partial charge in [0.25, 0.3) is 0 Å². The van der Waals surface area contributed by atoms with Gasteiger partial charge in [0.05, 0.1) is 18.8 Å². The van der Waals surface area contributed by atoms with Gasteiger partial charge in [0.2, 0.25) is 5.91 Å². The van der Waals surface area contributed by atoms with Crippen molar-refractivity contribution in [3.05, 3.63) is 24.3 Å². The zero-order chi connectivity index (χ0) is 26.5. The maximum atomic E-state index is 12.2. The van der Waals surface area contributed by atoms with Crippen molar-refractivity contribution in [2.24, 2.45) is 0 Å². The molecule has 0 bridgehead atoms. The third kappa shape index (κ3) is 24.6. The summed E-state index contributed by atoms with van der Waals surface area (Å²) in [5, 5.41) is 22.7. The van der Waals surface area contributed by atoms with Crippen molar-refractivity contribution >= 4 is 5.91 Å². The number of aliphatic hydroxyl groups excluding tert-OH is 2. The van der Waals surface area contributed by atoms with Crippen LogP contribution in [0.3, 0.4) is 0 Å².